The lowest BCUT2D eigenvalue weighted by atomic mass is 10.0. The minimum Gasteiger partial charge on any atom is -0.171 e. The van der Waals surface area contributed by atoms with Crippen molar-refractivity contribution in [2.24, 2.45) is 5.92 Å². The molecule has 0 aliphatic carbocycles. The predicted molar refractivity (Wildman–Crippen MR) is 43.9 cm³/mol. The Labute approximate surface area is 71.5 Å². The highest BCUT2D eigenvalue weighted by Crippen LogP contribution is 2.29. The highest BCUT2D eigenvalue weighted by Gasteiger charge is 2.35. The Bertz CT molecular complexity index is 156. The summed E-state index contributed by atoms with van der Waals surface area (Å²) in [5, 5.41) is 0. The van der Waals surface area contributed by atoms with Gasteiger partial charge in [0.15, 0.2) is 0 Å². The van der Waals surface area contributed by atoms with Gasteiger partial charge in [-0.2, -0.15) is 13.2 Å². The second-order valence-corrected chi connectivity index (χ2v) is 3.12. The third-order valence-corrected chi connectivity index (χ3v) is 2.02. The van der Waals surface area contributed by atoms with Crippen LogP contribution in [0.1, 0.15) is 33.6 Å². The molecule has 0 aromatic carbocycles. The van der Waals surface area contributed by atoms with E-state index in [0.717, 1.165) is 5.57 Å². The first kappa shape index (κ1) is 11.5. The Hall–Kier alpha value is -0.470. The van der Waals surface area contributed by atoms with Crippen molar-refractivity contribution in [3.63, 3.8) is 0 Å². The molecule has 72 valence electrons. The largest absolute Gasteiger partial charge is 0.391 e. The van der Waals surface area contributed by atoms with Gasteiger partial charge in [0.2, 0.25) is 0 Å². The van der Waals surface area contributed by atoms with Crippen molar-refractivity contribution in [2.45, 2.75) is 39.8 Å². The second-order valence-electron chi connectivity index (χ2n) is 3.12. The first-order valence-electron chi connectivity index (χ1n) is 4.06. The van der Waals surface area contributed by atoms with E-state index >= 15 is 0 Å². The third kappa shape index (κ3) is 4.42. The van der Waals surface area contributed by atoms with E-state index in [1.54, 1.807) is 0 Å². The van der Waals surface area contributed by atoms with Crippen LogP contribution < -0.4 is 0 Å². The number of halogens is 3. The fourth-order valence-electron chi connectivity index (χ4n) is 0.752. The summed E-state index contributed by atoms with van der Waals surface area (Å²) in [5.74, 6) is -1.19. The second kappa shape index (κ2) is 4.53. The summed E-state index contributed by atoms with van der Waals surface area (Å²) in [4.78, 5) is 0. The third-order valence-electron chi connectivity index (χ3n) is 2.02. The van der Waals surface area contributed by atoms with E-state index in [1.807, 2.05) is 19.9 Å². The summed E-state index contributed by atoms with van der Waals surface area (Å²) in [6.07, 6.45) is -1.45. The number of allylic oxidation sites excluding steroid dienone is 2. The average Bonchev–Trinajstić information content (AvgIpc) is 1.97. The van der Waals surface area contributed by atoms with E-state index < -0.39 is 12.1 Å². The summed E-state index contributed by atoms with van der Waals surface area (Å²) >= 11 is 0. The smallest absolute Gasteiger partial charge is 0.171 e. The fraction of sp³-hybridized carbons (Fsp3) is 0.778. The van der Waals surface area contributed by atoms with Crippen LogP contribution in [0.3, 0.4) is 0 Å². The SMILES string of the molecule is C/C=C(/C)CCC(C)C(F)(F)F. The average molecular weight is 180 g/mol. The van der Waals surface area contributed by atoms with Crippen molar-refractivity contribution in [3.8, 4) is 0 Å². The molecule has 0 saturated carbocycles. The van der Waals surface area contributed by atoms with Crippen LogP contribution in [-0.4, -0.2) is 6.18 Å². The molecule has 0 aliphatic rings. The Morgan fingerprint density at radius 2 is 1.92 bits per heavy atom. The van der Waals surface area contributed by atoms with Crippen LogP contribution in [0.15, 0.2) is 11.6 Å². The zero-order valence-corrected chi connectivity index (χ0v) is 7.70. The van der Waals surface area contributed by atoms with Crippen LogP contribution in [0.25, 0.3) is 0 Å². The van der Waals surface area contributed by atoms with E-state index in [4.69, 9.17) is 0 Å². The van der Waals surface area contributed by atoms with Crippen LogP contribution >= 0.6 is 0 Å². The molecule has 0 spiro atoms. The molecule has 3 heteroatoms. The van der Waals surface area contributed by atoms with Gasteiger partial charge in [-0.25, -0.2) is 0 Å². The molecule has 0 saturated heterocycles. The van der Waals surface area contributed by atoms with Gasteiger partial charge in [0.05, 0.1) is 5.92 Å². The summed E-state index contributed by atoms with van der Waals surface area (Å²) in [5.41, 5.74) is 1.02. The van der Waals surface area contributed by atoms with Gasteiger partial charge in [0.25, 0.3) is 0 Å². The van der Waals surface area contributed by atoms with Gasteiger partial charge in [0.1, 0.15) is 0 Å². The number of hydrogen-bond donors (Lipinski definition) is 0. The summed E-state index contributed by atoms with van der Waals surface area (Å²) in [6.45, 7) is 4.92. The van der Waals surface area contributed by atoms with Crippen LogP contribution in [0, 0.1) is 5.92 Å². The highest BCUT2D eigenvalue weighted by molar-refractivity contribution is 4.95. The van der Waals surface area contributed by atoms with Gasteiger partial charge >= 0.3 is 6.18 Å². The molecule has 0 heterocycles. The normalized spacial score (nSPS) is 16.3. The molecule has 0 nitrogen and oxygen atoms in total. The molecule has 1 unspecified atom stereocenters. The monoisotopic (exact) mass is 180 g/mol. The highest BCUT2D eigenvalue weighted by atomic mass is 19.4. The Morgan fingerprint density at radius 3 is 2.25 bits per heavy atom. The first-order chi connectivity index (χ1) is 5.38. The first-order valence-corrected chi connectivity index (χ1v) is 4.06. The van der Waals surface area contributed by atoms with E-state index in [1.165, 1.54) is 6.92 Å². The number of alkyl halides is 3. The molecule has 0 aromatic rings. The maximum atomic E-state index is 12.0. The van der Waals surface area contributed by atoms with Crippen LogP contribution in [-0.2, 0) is 0 Å². The lowest BCUT2D eigenvalue weighted by Gasteiger charge is -2.14. The molecular weight excluding hydrogens is 165 g/mol. The van der Waals surface area contributed by atoms with E-state index in [2.05, 4.69) is 0 Å². The maximum Gasteiger partial charge on any atom is 0.391 e. The van der Waals surface area contributed by atoms with Gasteiger partial charge in [-0.3, -0.25) is 0 Å². The molecule has 0 fully saturated rings. The molecule has 12 heavy (non-hydrogen) atoms. The molecule has 0 bridgehead atoms. The standard InChI is InChI=1S/C9H15F3/c1-4-7(2)5-6-8(3)9(10,11)12/h4,8H,5-6H2,1-3H3/b7-4-. The summed E-state index contributed by atoms with van der Waals surface area (Å²) < 4.78 is 36.0. The van der Waals surface area contributed by atoms with E-state index in [9.17, 15) is 13.2 Å². The lowest BCUT2D eigenvalue weighted by Crippen LogP contribution is -2.19. The van der Waals surface area contributed by atoms with Crippen molar-refractivity contribution in [2.75, 3.05) is 0 Å². The molecule has 0 radical (unpaired) electrons. The van der Waals surface area contributed by atoms with Gasteiger partial charge < -0.3 is 0 Å². The molecule has 0 N–H and O–H groups in total. The van der Waals surface area contributed by atoms with Gasteiger partial charge in [-0.15, -0.1) is 0 Å². The molecular formula is C9H15F3. The topological polar surface area (TPSA) is 0 Å². The summed E-state index contributed by atoms with van der Waals surface area (Å²) in [7, 11) is 0. The van der Waals surface area contributed by atoms with Crippen molar-refractivity contribution in [1.29, 1.82) is 0 Å². The molecule has 1 atom stereocenters. The molecule has 0 aliphatic heterocycles. The minimum atomic E-state index is -4.03. The lowest BCUT2D eigenvalue weighted by molar-refractivity contribution is -0.170. The van der Waals surface area contributed by atoms with Gasteiger partial charge in [-0.1, -0.05) is 18.6 Å². The number of rotatable bonds is 3. The van der Waals surface area contributed by atoms with Crippen molar-refractivity contribution in [1.82, 2.24) is 0 Å². The number of hydrogen-bond acceptors (Lipinski definition) is 0. The zero-order chi connectivity index (χ0) is 9.78. The fourth-order valence-corrected chi connectivity index (χ4v) is 0.752. The van der Waals surface area contributed by atoms with E-state index in [0.29, 0.717) is 6.42 Å². The molecule has 0 amide bonds. The van der Waals surface area contributed by atoms with Crippen molar-refractivity contribution < 1.29 is 13.2 Å². The Morgan fingerprint density at radius 1 is 1.42 bits per heavy atom. The minimum absolute atomic E-state index is 0.194. The van der Waals surface area contributed by atoms with Gasteiger partial charge in [-0.05, 0) is 26.7 Å². The Balaban J connectivity index is 3.80. The van der Waals surface area contributed by atoms with E-state index in [-0.39, 0.29) is 6.42 Å². The predicted octanol–water partition coefficient (Wildman–Crippen LogP) is 3.93. The van der Waals surface area contributed by atoms with Crippen LogP contribution in [0.2, 0.25) is 0 Å². The van der Waals surface area contributed by atoms with Crippen LogP contribution in [0.5, 0.6) is 0 Å². The van der Waals surface area contributed by atoms with Crippen molar-refractivity contribution >= 4 is 0 Å². The van der Waals surface area contributed by atoms with Gasteiger partial charge in [0, 0.05) is 0 Å². The summed E-state index contributed by atoms with van der Waals surface area (Å²) in [6, 6.07) is 0. The Kier molecular flexibility index (Phi) is 4.35. The van der Waals surface area contributed by atoms with Crippen LogP contribution in [0.4, 0.5) is 13.2 Å². The quantitative estimate of drug-likeness (QED) is 0.577. The van der Waals surface area contributed by atoms with Crippen molar-refractivity contribution in [3.05, 3.63) is 11.6 Å². The zero-order valence-electron chi connectivity index (χ0n) is 7.70. The maximum absolute atomic E-state index is 12.0. The molecule has 0 aromatic heterocycles. The molecule has 0 rings (SSSR count).